The Balaban J connectivity index is 2.28. The molecule has 0 aromatic carbocycles. The molecule has 0 radical (unpaired) electrons. The van der Waals surface area contributed by atoms with E-state index in [0.717, 1.165) is 6.42 Å². The standard InChI is InChI=1S/C12H18O5/c1-7-2-3-9(10(13)14)12(4-7,11(15)16)5-8-6-17-8/h7-9H,2-6H2,1H3,(H,13,14)(H,15,16). The van der Waals surface area contributed by atoms with Crippen molar-refractivity contribution in [1.29, 1.82) is 0 Å². The van der Waals surface area contributed by atoms with Crippen LogP contribution in [0.25, 0.3) is 0 Å². The van der Waals surface area contributed by atoms with Crippen LogP contribution in [-0.2, 0) is 14.3 Å². The van der Waals surface area contributed by atoms with Crippen molar-refractivity contribution in [2.45, 2.75) is 38.7 Å². The molecule has 4 unspecified atom stereocenters. The van der Waals surface area contributed by atoms with E-state index in [9.17, 15) is 19.8 Å². The molecule has 1 aliphatic heterocycles. The minimum atomic E-state index is -1.13. The van der Waals surface area contributed by atoms with Crippen LogP contribution >= 0.6 is 0 Å². The molecule has 5 heteroatoms. The number of carboxylic acids is 2. The van der Waals surface area contributed by atoms with Crippen LogP contribution in [0.4, 0.5) is 0 Å². The van der Waals surface area contributed by atoms with Gasteiger partial charge in [-0.25, -0.2) is 0 Å². The molecule has 2 fully saturated rings. The summed E-state index contributed by atoms with van der Waals surface area (Å²) in [4.78, 5) is 22.9. The van der Waals surface area contributed by atoms with Gasteiger partial charge in [-0.3, -0.25) is 9.59 Å². The Morgan fingerprint density at radius 2 is 2.00 bits per heavy atom. The van der Waals surface area contributed by atoms with Crippen LogP contribution < -0.4 is 0 Å². The zero-order valence-electron chi connectivity index (χ0n) is 9.89. The number of rotatable bonds is 4. The van der Waals surface area contributed by atoms with E-state index in [0.29, 0.717) is 25.9 Å². The first-order valence-electron chi connectivity index (χ1n) is 6.03. The molecule has 1 saturated heterocycles. The van der Waals surface area contributed by atoms with Crippen molar-refractivity contribution in [1.82, 2.24) is 0 Å². The number of hydrogen-bond acceptors (Lipinski definition) is 3. The van der Waals surface area contributed by atoms with E-state index in [-0.39, 0.29) is 12.0 Å². The summed E-state index contributed by atoms with van der Waals surface area (Å²) in [7, 11) is 0. The van der Waals surface area contributed by atoms with E-state index < -0.39 is 23.3 Å². The average Bonchev–Trinajstić information content (AvgIpc) is 3.00. The summed E-state index contributed by atoms with van der Waals surface area (Å²) >= 11 is 0. The Morgan fingerprint density at radius 1 is 1.35 bits per heavy atom. The summed E-state index contributed by atoms with van der Waals surface area (Å²) in [6.07, 6.45) is 1.97. The topological polar surface area (TPSA) is 87.1 Å². The Labute approximate surface area is 99.8 Å². The highest BCUT2D eigenvalue weighted by Crippen LogP contribution is 2.49. The maximum atomic E-state index is 11.6. The van der Waals surface area contributed by atoms with E-state index in [1.54, 1.807) is 0 Å². The molecule has 96 valence electrons. The van der Waals surface area contributed by atoms with Crippen molar-refractivity contribution in [2.24, 2.45) is 17.3 Å². The zero-order chi connectivity index (χ0) is 12.6. The van der Waals surface area contributed by atoms with Crippen LogP contribution in [0.15, 0.2) is 0 Å². The molecule has 0 aromatic heterocycles. The first kappa shape index (κ1) is 12.4. The van der Waals surface area contributed by atoms with Crippen LogP contribution in [-0.4, -0.2) is 34.9 Å². The zero-order valence-corrected chi connectivity index (χ0v) is 9.89. The van der Waals surface area contributed by atoms with Gasteiger partial charge in [0.25, 0.3) is 0 Å². The maximum absolute atomic E-state index is 11.6. The molecule has 0 aromatic rings. The van der Waals surface area contributed by atoms with E-state index in [4.69, 9.17) is 4.74 Å². The van der Waals surface area contributed by atoms with Gasteiger partial charge < -0.3 is 14.9 Å². The van der Waals surface area contributed by atoms with Crippen LogP contribution in [0.5, 0.6) is 0 Å². The van der Waals surface area contributed by atoms with Crippen molar-refractivity contribution >= 4 is 11.9 Å². The van der Waals surface area contributed by atoms with E-state index in [1.165, 1.54) is 0 Å². The van der Waals surface area contributed by atoms with Crippen LogP contribution in [0, 0.1) is 17.3 Å². The molecular formula is C12H18O5. The average molecular weight is 242 g/mol. The largest absolute Gasteiger partial charge is 0.481 e. The fraction of sp³-hybridized carbons (Fsp3) is 0.833. The SMILES string of the molecule is CC1CCC(C(=O)O)C(CC2CO2)(C(=O)O)C1. The molecule has 1 aliphatic carbocycles. The molecule has 2 rings (SSSR count). The summed E-state index contributed by atoms with van der Waals surface area (Å²) in [6, 6.07) is 0. The Bertz CT molecular complexity index is 332. The number of carboxylic acid groups (broad SMARTS) is 2. The van der Waals surface area contributed by atoms with Crippen LogP contribution in [0.3, 0.4) is 0 Å². The highest BCUT2D eigenvalue weighted by molar-refractivity contribution is 5.83. The van der Waals surface area contributed by atoms with Gasteiger partial charge >= 0.3 is 11.9 Å². The Hall–Kier alpha value is -1.10. The lowest BCUT2D eigenvalue weighted by molar-refractivity contribution is -0.168. The van der Waals surface area contributed by atoms with Crippen molar-refractivity contribution in [3.05, 3.63) is 0 Å². The molecule has 17 heavy (non-hydrogen) atoms. The number of carbonyl (C=O) groups is 2. The molecule has 4 atom stereocenters. The summed E-state index contributed by atoms with van der Waals surface area (Å²) in [5.74, 6) is -2.48. The summed E-state index contributed by atoms with van der Waals surface area (Å²) in [5, 5.41) is 18.7. The van der Waals surface area contributed by atoms with Crippen LogP contribution in [0.2, 0.25) is 0 Å². The molecule has 5 nitrogen and oxygen atoms in total. The van der Waals surface area contributed by atoms with Gasteiger partial charge in [-0.1, -0.05) is 6.92 Å². The second-order valence-electron chi connectivity index (χ2n) is 5.40. The quantitative estimate of drug-likeness (QED) is 0.727. The third kappa shape index (κ3) is 2.29. The number of aliphatic carboxylic acids is 2. The van der Waals surface area contributed by atoms with Gasteiger partial charge in [-0.2, -0.15) is 0 Å². The number of ether oxygens (including phenoxy) is 1. The van der Waals surface area contributed by atoms with Gasteiger partial charge in [0, 0.05) is 0 Å². The van der Waals surface area contributed by atoms with E-state index in [1.807, 2.05) is 6.92 Å². The second kappa shape index (κ2) is 4.29. The van der Waals surface area contributed by atoms with E-state index >= 15 is 0 Å². The predicted octanol–water partition coefficient (Wildman–Crippen LogP) is 1.37. The molecule has 2 aliphatic rings. The van der Waals surface area contributed by atoms with Crippen molar-refractivity contribution in [3.63, 3.8) is 0 Å². The lowest BCUT2D eigenvalue weighted by Crippen LogP contribution is -2.47. The fourth-order valence-electron chi connectivity index (χ4n) is 3.09. The molecule has 1 heterocycles. The smallest absolute Gasteiger partial charge is 0.310 e. The molecule has 0 bridgehead atoms. The molecular weight excluding hydrogens is 224 g/mol. The lowest BCUT2D eigenvalue weighted by Gasteiger charge is -2.41. The third-order valence-electron chi connectivity index (χ3n) is 4.05. The summed E-state index contributed by atoms with van der Waals surface area (Å²) in [5.41, 5.74) is -1.13. The van der Waals surface area contributed by atoms with Gasteiger partial charge in [0.1, 0.15) is 0 Å². The Morgan fingerprint density at radius 3 is 2.47 bits per heavy atom. The van der Waals surface area contributed by atoms with Gasteiger partial charge in [-0.05, 0) is 31.6 Å². The molecule has 1 saturated carbocycles. The summed E-state index contributed by atoms with van der Waals surface area (Å²) < 4.78 is 5.09. The third-order valence-corrected chi connectivity index (χ3v) is 4.05. The van der Waals surface area contributed by atoms with Gasteiger partial charge in [0.15, 0.2) is 0 Å². The van der Waals surface area contributed by atoms with Crippen molar-refractivity contribution < 1.29 is 24.5 Å². The predicted molar refractivity (Wildman–Crippen MR) is 58.6 cm³/mol. The van der Waals surface area contributed by atoms with Crippen molar-refractivity contribution in [3.8, 4) is 0 Å². The monoisotopic (exact) mass is 242 g/mol. The minimum absolute atomic E-state index is 0.0572. The van der Waals surface area contributed by atoms with E-state index in [2.05, 4.69) is 0 Å². The molecule has 0 spiro atoms. The molecule has 2 N–H and O–H groups in total. The van der Waals surface area contributed by atoms with Crippen LogP contribution in [0.1, 0.15) is 32.6 Å². The highest BCUT2D eigenvalue weighted by Gasteiger charge is 2.54. The normalized spacial score (nSPS) is 40.9. The minimum Gasteiger partial charge on any atom is -0.481 e. The Kier molecular flexibility index (Phi) is 3.12. The first-order chi connectivity index (χ1) is 7.95. The highest BCUT2D eigenvalue weighted by atomic mass is 16.6. The fourth-order valence-corrected chi connectivity index (χ4v) is 3.09. The van der Waals surface area contributed by atoms with Gasteiger partial charge in [0.05, 0.1) is 24.0 Å². The van der Waals surface area contributed by atoms with Crippen molar-refractivity contribution in [2.75, 3.05) is 6.61 Å². The van der Waals surface area contributed by atoms with Gasteiger partial charge in [-0.15, -0.1) is 0 Å². The lowest BCUT2D eigenvalue weighted by atomic mass is 9.61. The number of epoxide rings is 1. The first-order valence-corrected chi connectivity index (χ1v) is 6.03. The number of hydrogen-bond donors (Lipinski definition) is 2. The summed E-state index contributed by atoms with van der Waals surface area (Å²) in [6.45, 7) is 2.55. The molecule has 0 amide bonds. The second-order valence-corrected chi connectivity index (χ2v) is 5.40. The van der Waals surface area contributed by atoms with Gasteiger partial charge in [0.2, 0.25) is 0 Å². The maximum Gasteiger partial charge on any atom is 0.310 e.